The van der Waals surface area contributed by atoms with Crippen molar-refractivity contribution >= 4 is 35.2 Å². The summed E-state index contributed by atoms with van der Waals surface area (Å²) in [7, 11) is 0. The van der Waals surface area contributed by atoms with E-state index < -0.39 is 11.8 Å². The van der Waals surface area contributed by atoms with Crippen LogP contribution in [0.5, 0.6) is 5.75 Å². The first-order valence-corrected chi connectivity index (χ1v) is 6.22. The second kappa shape index (κ2) is 5.66. The van der Waals surface area contributed by atoms with Crippen molar-refractivity contribution in [2.45, 2.75) is 0 Å². The van der Waals surface area contributed by atoms with Gasteiger partial charge in [-0.3, -0.25) is 19.8 Å². The average molecular weight is 288 g/mol. The second-order valence-corrected chi connectivity index (χ2v) is 4.50. The zero-order valence-electron chi connectivity index (χ0n) is 10.5. The van der Waals surface area contributed by atoms with Crippen molar-refractivity contribution in [3.8, 4) is 5.75 Å². The van der Waals surface area contributed by atoms with Crippen molar-refractivity contribution in [1.29, 1.82) is 0 Å². The van der Waals surface area contributed by atoms with Crippen LogP contribution in [0.4, 0.5) is 0 Å². The number of carbonyl (C=O) groups excluding carboxylic acids is 2. The maximum absolute atomic E-state index is 12.2. The first kappa shape index (κ1) is 14.0. The van der Waals surface area contributed by atoms with Crippen molar-refractivity contribution in [3.05, 3.63) is 48.1 Å². The number of rotatable bonds is 3. The molecule has 20 heavy (non-hydrogen) atoms. The van der Waals surface area contributed by atoms with Crippen LogP contribution in [0.3, 0.4) is 0 Å². The summed E-state index contributed by atoms with van der Waals surface area (Å²) in [6.07, 6.45) is 2.98. The van der Waals surface area contributed by atoms with E-state index in [4.69, 9.17) is 12.2 Å². The molecule has 1 heterocycles. The molecule has 1 saturated heterocycles. The third-order valence-corrected chi connectivity index (χ3v) is 3.02. The van der Waals surface area contributed by atoms with E-state index in [0.717, 1.165) is 0 Å². The highest BCUT2D eigenvalue weighted by atomic mass is 32.1. The number of nitrogens with one attached hydrogen (secondary N) is 1. The lowest BCUT2D eigenvalue weighted by atomic mass is 10.1. The highest BCUT2D eigenvalue weighted by molar-refractivity contribution is 7.80. The van der Waals surface area contributed by atoms with E-state index in [0.29, 0.717) is 5.56 Å². The van der Waals surface area contributed by atoms with Gasteiger partial charge in [0.25, 0.3) is 11.8 Å². The van der Waals surface area contributed by atoms with Crippen LogP contribution in [0, 0.1) is 0 Å². The minimum absolute atomic E-state index is 0.00820. The molecule has 0 aliphatic carbocycles. The molecule has 0 radical (unpaired) electrons. The maximum Gasteiger partial charge on any atom is 0.265 e. The quantitative estimate of drug-likeness (QED) is 0.379. The van der Waals surface area contributed by atoms with Gasteiger partial charge in [0.2, 0.25) is 0 Å². The fourth-order valence-corrected chi connectivity index (χ4v) is 1.98. The molecule has 1 aromatic rings. The fraction of sp³-hybridized carbons (Fsp3) is 0.0714. The summed E-state index contributed by atoms with van der Waals surface area (Å²) < 4.78 is 0. The third kappa shape index (κ3) is 2.75. The highest BCUT2D eigenvalue weighted by Gasteiger charge is 2.32. The lowest BCUT2D eigenvalue weighted by Crippen LogP contribution is -2.53. The predicted octanol–water partition coefficient (Wildman–Crippen LogP) is 1.20. The molecule has 0 saturated carbocycles. The molecule has 2 N–H and O–H groups in total. The topological polar surface area (TPSA) is 69.6 Å². The number of benzene rings is 1. The van der Waals surface area contributed by atoms with Crippen molar-refractivity contribution in [3.63, 3.8) is 0 Å². The largest absolute Gasteiger partial charge is 0.508 e. The van der Waals surface area contributed by atoms with E-state index in [2.05, 4.69) is 11.9 Å². The van der Waals surface area contributed by atoms with Crippen LogP contribution in [-0.4, -0.2) is 33.5 Å². The number of hydrogen-bond donors (Lipinski definition) is 2. The number of aromatic hydroxyl groups is 1. The second-order valence-electron chi connectivity index (χ2n) is 4.11. The van der Waals surface area contributed by atoms with Crippen LogP contribution in [0.15, 0.2) is 42.5 Å². The van der Waals surface area contributed by atoms with Gasteiger partial charge >= 0.3 is 0 Å². The summed E-state index contributed by atoms with van der Waals surface area (Å²) in [4.78, 5) is 25.3. The van der Waals surface area contributed by atoms with E-state index in [-0.39, 0.29) is 23.0 Å². The Morgan fingerprint density at radius 3 is 2.55 bits per heavy atom. The van der Waals surface area contributed by atoms with Gasteiger partial charge < -0.3 is 5.11 Å². The summed E-state index contributed by atoms with van der Waals surface area (Å²) in [5.41, 5.74) is 0.624. The SMILES string of the molecule is C=CCN1C(=O)C(=Cc2ccc(O)cc2)C(=O)NC1=S. The van der Waals surface area contributed by atoms with Crippen LogP contribution in [0.2, 0.25) is 0 Å². The van der Waals surface area contributed by atoms with Crippen molar-refractivity contribution in [1.82, 2.24) is 10.2 Å². The maximum atomic E-state index is 12.2. The van der Waals surface area contributed by atoms with Gasteiger partial charge in [0.05, 0.1) is 0 Å². The zero-order valence-corrected chi connectivity index (χ0v) is 11.3. The molecular weight excluding hydrogens is 276 g/mol. The first-order valence-electron chi connectivity index (χ1n) is 5.81. The third-order valence-electron chi connectivity index (χ3n) is 2.70. The summed E-state index contributed by atoms with van der Waals surface area (Å²) in [6.45, 7) is 3.78. The predicted molar refractivity (Wildman–Crippen MR) is 78.7 cm³/mol. The summed E-state index contributed by atoms with van der Waals surface area (Å²) in [5, 5.41) is 11.7. The Bertz CT molecular complexity index is 620. The van der Waals surface area contributed by atoms with Crippen LogP contribution in [-0.2, 0) is 9.59 Å². The van der Waals surface area contributed by atoms with E-state index in [1.165, 1.54) is 29.2 Å². The van der Waals surface area contributed by atoms with Crippen LogP contribution < -0.4 is 5.32 Å². The number of thiocarbonyl (C=S) groups is 1. The zero-order chi connectivity index (χ0) is 14.7. The molecule has 2 amide bonds. The van der Waals surface area contributed by atoms with Gasteiger partial charge in [-0.25, -0.2) is 0 Å². The van der Waals surface area contributed by atoms with Gasteiger partial charge in [-0.15, -0.1) is 6.58 Å². The standard InChI is InChI=1S/C14H12N2O3S/c1-2-7-16-13(19)11(12(18)15-14(16)20)8-9-3-5-10(17)6-4-9/h2-6,8,17H,1,7H2,(H,15,18,20). The number of carbonyl (C=O) groups is 2. The molecule has 0 atom stereocenters. The van der Waals surface area contributed by atoms with Gasteiger partial charge in [0.15, 0.2) is 5.11 Å². The first-order chi connectivity index (χ1) is 9.52. The van der Waals surface area contributed by atoms with Crippen molar-refractivity contribution in [2.75, 3.05) is 6.54 Å². The molecule has 1 aliphatic heterocycles. The molecule has 5 nitrogen and oxygen atoms in total. The number of amides is 2. The van der Waals surface area contributed by atoms with Gasteiger partial charge in [0.1, 0.15) is 11.3 Å². The molecule has 6 heteroatoms. The van der Waals surface area contributed by atoms with Gasteiger partial charge in [-0.05, 0) is 36.0 Å². The molecule has 102 valence electrons. The number of phenols is 1. The molecule has 0 aromatic heterocycles. The number of hydrogen-bond acceptors (Lipinski definition) is 4. The van der Waals surface area contributed by atoms with Crippen molar-refractivity contribution in [2.24, 2.45) is 0 Å². The van der Waals surface area contributed by atoms with E-state index in [1.54, 1.807) is 12.1 Å². The summed E-state index contributed by atoms with van der Waals surface area (Å²) >= 11 is 4.95. The van der Waals surface area contributed by atoms with Crippen molar-refractivity contribution < 1.29 is 14.7 Å². The van der Waals surface area contributed by atoms with Gasteiger partial charge in [-0.1, -0.05) is 18.2 Å². The Labute approximate surface area is 121 Å². The Balaban J connectivity index is 2.36. The average Bonchev–Trinajstić information content (AvgIpc) is 2.41. The van der Waals surface area contributed by atoms with Gasteiger partial charge in [-0.2, -0.15) is 0 Å². The number of nitrogens with zero attached hydrogens (tertiary/aromatic N) is 1. The Hall–Kier alpha value is -2.47. The molecule has 1 fully saturated rings. The molecule has 0 bridgehead atoms. The fourth-order valence-electron chi connectivity index (χ4n) is 1.73. The Morgan fingerprint density at radius 1 is 1.30 bits per heavy atom. The molecule has 2 rings (SSSR count). The molecule has 0 spiro atoms. The van der Waals surface area contributed by atoms with E-state index >= 15 is 0 Å². The summed E-state index contributed by atoms with van der Waals surface area (Å²) in [6, 6.07) is 6.16. The monoisotopic (exact) mass is 288 g/mol. The van der Waals surface area contributed by atoms with Crippen LogP contribution in [0.25, 0.3) is 6.08 Å². The molecule has 1 aromatic carbocycles. The normalized spacial score (nSPS) is 17.3. The molecular formula is C14H12N2O3S. The molecule has 0 unspecified atom stereocenters. The van der Waals surface area contributed by atoms with Gasteiger partial charge in [0, 0.05) is 6.54 Å². The molecule has 1 aliphatic rings. The van der Waals surface area contributed by atoms with E-state index in [1.807, 2.05) is 0 Å². The Morgan fingerprint density at radius 2 is 1.95 bits per heavy atom. The lowest BCUT2D eigenvalue weighted by molar-refractivity contribution is -0.128. The van der Waals surface area contributed by atoms with E-state index in [9.17, 15) is 14.7 Å². The lowest BCUT2D eigenvalue weighted by Gasteiger charge is -2.27. The number of phenolic OH excluding ortho intramolecular Hbond substituents is 1. The minimum atomic E-state index is -0.534. The minimum Gasteiger partial charge on any atom is -0.508 e. The van der Waals surface area contributed by atoms with Crippen LogP contribution >= 0.6 is 12.2 Å². The Kier molecular flexibility index (Phi) is 3.95. The highest BCUT2D eigenvalue weighted by Crippen LogP contribution is 2.16. The van der Waals surface area contributed by atoms with Crippen LogP contribution in [0.1, 0.15) is 5.56 Å². The summed E-state index contributed by atoms with van der Waals surface area (Å²) in [5.74, 6) is -0.888. The smallest absolute Gasteiger partial charge is 0.265 e.